The second kappa shape index (κ2) is 10.3. The third-order valence-electron chi connectivity index (χ3n) is 5.89. The first-order valence-corrected chi connectivity index (χ1v) is 13.6. The molecule has 1 aliphatic heterocycles. The Morgan fingerprint density at radius 3 is 2.26 bits per heavy atom. The van der Waals surface area contributed by atoms with E-state index in [2.05, 4.69) is 11.9 Å². The largest absolute Gasteiger partial charge is 0.495 e. The number of thiazole rings is 1. The summed E-state index contributed by atoms with van der Waals surface area (Å²) in [6, 6.07) is 9.71. The number of carbonyl (C=O) groups excluding carboxylic acids is 1. The number of ether oxygens (including phenoxy) is 2. The molecule has 2 aromatic carbocycles. The van der Waals surface area contributed by atoms with Gasteiger partial charge in [0.2, 0.25) is 10.0 Å². The second-order valence-electron chi connectivity index (χ2n) is 8.09. The van der Waals surface area contributed by atoms with E-state index in [1.54, 1.807) is 14.2 Å². The zero-order chi connectivity index (χ0) is 24.3. The molecular formula is C24H29N3O5S2. The minimum Gasteiger partial charge on any atom is -0.495 e. The summed E-state index contributed by atoms with van der Waals surface area (Å²) in [7, 11) is -0.337. The molecule has 0 radical (unpaired) electrons. The van der Waals surface area contributed by atoms with E-state index in [4.69, 9.17) is 9.47 Å². The van der Waals surface area contributed by atoms with Gasteiger partial charge in [0.15, 0.2) is 4.80 Å². The van der Waals surface area contributed by atoms with Gasteiger partial charge in [0.05, 0.1) is 19.1 Å². The fourth-order valence-electron chi connectivity index (χ4n) is 4.15. The van der Waals surface area contributed by atoms with Gasteiger partial charge >= 0.3 is 0 Å². The van der Waals surface area contributed by atoms with Crippen molar-refractivity contribution in [3.8, 4) is 11.5 Å². The molecule has 0 saturated carbocycles. The van der Waals surface area contributed by atoms with Crippen LogP contribution in [0.15, 0.2) is 46.3 Å². The maximum absolute atomic E-state index is 13.0. The second-order valence-corrected chi connectivity index (χ2v) is 11.0. The maximum atomic E-state index is 13.0. The lowest BCUT2D eigenvalue weighted by molar-refractivity contribution is 0.0997. The number of benzene rings is 2. The Morgan fingerprint density at radius 1 is 1.00 bits per heavy atom. The first kappa shape index (κ1) is 24.4. The number of nitrogens with zero attached hydrogens (tertiary/aromatic N) is 3. The van der Waals surface area contributed by atoms with Crippen molar-refractivity contribution in [1.82, 2.24) is 8.87 Å². The molecule has 1 fully saturated rings. The number of rotatable bonds is 7. The lowest BCUT2D eigenvalue weighted by Gasteiger charge is -2.25. The van der Waals surface area contributed by atoms with Crippen molar-refractivity contribution in [2.45, 2.75) is 44.0 Å². The first-order chi connectivity index (χ1) is 16.4. The van der Waals surface area contributed by atoms with Crippen LogP contribution in [0.1, 0.15) is 43.0 Å². The number of hydrogen-bond donors (Lipinski definition) is 0. The average Bonchev–Trinajstić information content (AvgIpc) is 3.22. The third kappa shape index (κ3) is 4.62. The summed E-state index contributed by atoms with van der Waals surface area (Å²) in [6.45, 7) is 3.78. The normalized spacial score (nSPS) is 15.6. The van der Waals surface area contributed by atoms with Crippen molar-refractivity contribution < 1.29 is 22.7 Å². The molecule has 182 valence electrons. The van der Waals surface area contributed by atoms with Crippen LogP contribution in [-0.2, 0) is 16.6 Å². The van der Waals surface area contributed by atoms with Crippen molar-refractivity contribution in [1.29, 1.82) is 0 Å². The fraction of sp³-hybridized carbons (Fsp3) is 0.417. The van der Waals surface area contributed by atoms with Gasteiger partial charge in [-0.3, -0.25) is 4.79 Å². The van der Waals surface area contributed by atoms with Crippen LogP contribution in [0.25, 0.3) is 10.2 Å². The van der Waals surface area contributed by atoms with E-state index in [9.17, 15) is 13.2 Å². The minimum atomic E-state index is -3.55. The molecule has 0 aliphatic carbocycles. The van der Waals surface area contributed by atoms with Crippen LogP contribution in [-0.4, -0.2) is 50.5 Å². The third-order valence-corrected chi connectivity index (χ3v) is 8.90. The highest BCUT2D eigenvalue weighted by Crippen LogP contribution is 2.35. The van der Waals surface area contributed by atoms with E-state index in [1.165, 1.54) is 39.9 Å². The number of hydrogen-bond acceptors (Lipinski definition) is 6. The number of piperidine rings is 1. The van der Waals surface area contributed by atoms with Gasteiger partial charge in [0.25, 0.3) is 5.91 Å². The molecule has 2 heterocycles. The number of sulfonamides is 1. The minimum absolute atomic E-state index is 0.198. The average molecular weight is 504 g/mol. The molecule has 34 heavy (non-hydrogen) atoms. The predicted octanol–water partition coefficient (Wildman–Crippen LogP) is 4.05. The van der Waals surface area contributed by atoms with Crippen molar-refractivity contribution in [3.63, 3.8) is 0 Å². The van der Waals surface area contributed by atoms with Crippen LogP contribution in [0.4, 0.5) is 0 Å². The molecule has 3 aromatic rings. The van der Waals surface area contributed by atoms with Crippen LogP contribution in [0.3, 0.4) is 0 Å². The number of carbonyl (C=O) groups is 1. The molecule has 1 aliphatic rings. The molecule has 1 aromatic heterocycles. The number of aryl methyl sites for hydroxylation is 1. The smallest absolute Gasteiger partial charge is 0.279 e. The summed E-state index contributed by atoms with van der Waals surface area (Å²) in [5, 5.41) is 0. The lowest BCUT2D eigenvalue weighted by Crippen LogP contribution is -2.35. The number of amides is 1. The lowest BCUT2D eigenvalue weighted by atomic mass is 10.2. The molecule has 0 N–H and O–H groups in total. The van der Waals surface area contributed by atoms with Gasteiger partial charge in [0, 0.05) is 25.2 Å². The summed E-state index contributed by atoms with van der Waals surface area (Å²) in [4.78, 5) is 18.1. The highest BCUT2D eigenvalue weighted by molar-refractivity contribution is 7.89. The molecule has 10 heteroatoms. The number of fused-ring (bicyclic) bond motifs is 1. The van der Waals surface area contributed by atoms with Gasteiger partial charge in [0.1, 0.15) is 21.7 Å². The van der Waals surface area contributed by atoms with Crippen LogP contribution in [0, 0.1) is 0 Å². The first-order valence-electron chi connectivity index (χ1n) is 11.3. The molecule has 1 saturated heterocycles. The highest BCUT2D eigenvalue weighted by atomic mass is 32.2. The van der Waals surface area contributed by atoms with Crippen LogP contribution in [0.5, 0.6) is 11.5 Å². The van der Waals surface area contributed by atoms with Crippen LogP contribution in [0.2, 0.25) is 0 Å². The van der Waals surface area contributed by atoms with Gasteiger partial charge in [-0.25, -0.2) is 8.42 Å². The molecule has 0 unspecified atom stereocenters. The van der Waals surface area contributed by atoms with Gasteiger partial charge in [-0.15, -0.1) is 0 Å². The molecule has 8 nitrogen and oxygen atoms in total. The monoisotopic (exact) mass is 503 g/mol. The Bertz CT molecular complexity index is 1350. The molecule has 0 bridgehead atoms. The Balaban J connectivity index is 1.71. The van der Waals surface area contributed by atoms with E-state index in [1.807, 2.05) is 16.7 Å². The molecule has 0 atom stereocenters. The summed E-state index contributed by atoms with van der Waals surface area (Å²) in [6.07, 6.45) is 3.64. The SMILES string of the molecule is CCCn1c(=NC(=O)c2ccc(S(=O)(=O)N3CCCCC3)cc2)sc2c(OC)ccc(OC)c21. The topological polar surface area (TPSA) is 90.2 Å². The Morgan fingerprint density at radius 2 is 1.65 bits per heavy atom. The Kier molecular flexibility index (Phi) is 7.39. The van der Waals surface area contributed by atoms with Gasteiger partial charge < -0.3 is 14.0 Å². The Hall–Kier alpha value is -2.69. The predicted molar refractivity (Wildman–Crippen MR) is 132 cm³/mol. The van der Waals surface area contributed by atoms with Gasteiger partial charge in [-0.05, 0) is 55.7 Å². The quantitative estimate of drug-likeness (QED) is 0.485. The molecule has 0 spiro atoms. The fourth-order valence-corrected chi connectivity index (χ4v) is 6.83. The van der Waals surface area contributed by atoms with E-state index in [-0.39, 0.29) is 4.90 Å². The molecule has 1 amide bonds. The van der Waals surface area contributed by atoms with Crippen molar-refractivity contribution in [3.05, 3.63) is 46.8 Å². The van der Waals surface area contributed by atoms with E-state index in [0.717, 1.165) is 35.9 Å². The van der Waals surface area contributed by atoms with Crippen molar-refractivity contribution in [2.24, 2.45) is 4.99 Å². The number of aromatic nitrogens is 1. The van der Waals surface area contributed by atoms with E-state index < -0.39 is 15.9 Å². The van der Waals surface area contributed by atoms with E-state index >= 15 is 0 Å². The number of methoxy groups -OCH3 is 2. The Labute approximate surface area is 203 Å². The van der Waals surface area contributed by atoms with Crippen molar-refractivity contribution >= 4 is 37.5 Å². The maximum Gasteiger partial charge on any atom is 0.279 e. The van der Waals surface area contributed by atoms with Gasteiger partial charge in [-0.2, -0.15) is 9.30 Å². The zero-order valence-corrected chi connectivity index (χ0v) is 21.2. The molecular weight excluding hydrogens is 474 g/mol. The summed E-state index contributed by atoms with van der Waals surface area (Å²) < 4.78 is 41.2. The summed E-state index contributed by atoms with van der Waals surface area (Å²) >= 11 is 1.36. The van der Waals surface area contributed by atoms with E-state index in [0.29, 0.717) is 41.5 Å². The van der Waals surface area contributed by atoms with Crippen LogP contribution >= 0.6 is 11.3 Å². The summed E-state index contributed by atoms with van der Waals surface area (Å²) in [5.41, 5.74) is 1.17. The highest BCUT2D eigenvalue weighted by Gasteiger charge is 2.26. The molecule has 4 rings (SSSR count). The van der Waals surface area contributed by atoms with Crippen molar-refractivity contribution in [2.75, 3.05) is 27.3 Å². The summed E-state index contributed by atoms with van der Waals surface area (Å²) in [5.74, 6) is 0.935. The zero-order valence-electron chi connectivity index (χ0n) is 19.6. The van der Waals surface area contributed by atoms with Crippen LogP contribution < -0.4 is 14.3 Å². The van der Waals surface area contributed by atoms with Gasteiger partial charge in [-0.1, -0.05) is 24.7 Å². The standard InChI is InChI=1S/C24H29N3O5S2/c1-4-14-27-21-19(31-2)12-13-20(32-3)22(21)33-24(27)25-23(28)17-8-10-18(11-9-17)34(29,30)26-15-6-5-7-16-26/h8-13H,4-7,14-16H2,1-3H3.